The first kappa shape index (κ1) is 13.7. The number of aliphatic carboxylic acids is 1. The van der Waals surface area contributed by atoms with Gasteiger partial charge in [0.05, 0.1) is 12.5 Å². The molecule has 6 heteroatoms. The van der Waals surface area contributed by atoms with Crippen LogP contribution in [0.4, 0.5) is 4.79 Å². The maximum atomic E-state index is 12.2. The molecular formula is C14H22N2O4. The Morgan fingerprint density at radius 3 is 2.70 bits per heavy atom. The average Bonchev–Trinajstić information content (AvgIpc) is 3.06. The number of carboxylic acid groups (broad SMARTS) is 1. The zero-order valence-corrected chi connectivity index (χ0v) is 11.6. The maximum absolute atomic E-state index is 12.2. The number of hydrogen-bond donors (Lipinski definition) is 2. The molecule has 1 aliphatic carbocycles. The van der Waals surface area contributed by atoms with Gasteiger partial charge < -0.3 is 20.1 Å². The first-order valence-corrected chi connectivity index (χ1v) is 7.53. The largest absolute Gasteiger partial charge is 0.481 e. The SMILES string of the molecule is O=C(O)C1CC2CCC1N2C(=O)NCCOCC1CC1. The molecule has 2 saturated heterocycles. The highest BCUT2D eigenvalue weighted by Gasteiger charge is 2.51. The van der Waals surface area contributed by atoms with Gasteiger partial charge in [-0.2, -0.15) is 0 Å². The number of urea groups is 1. The number of ether oxygens (including phenoxy) is 1. The van der Waals surface area contributed by atoms with Gasteiger partial charge in [-0.05, 0) is 38.0 Å². The Morgan fingerprint density at radius 1 is 1.25 bits per heavy atom. The van der Waals surface area contributed by atoms with Gasteiger partial charge in [0.2, 0.25) is 0 Å². The second-order valence-corrected chi connectivity index (χ2v) is 6.14. The molecule has 20 heavy (non-hydrogen) atoms. The van der Waals surface area contributed by atoms with E-state index in [2.05, 4.69) is 5.32 Å². The Bertz CT molecular complexity index is 397. The third-order valence-corrected chi connectivity index (χ3v) is 4.66. The van der Waals surface area contributed by atoms with Gasteiger partial charge in [-0.3, -0.25) is 4.79 Å². The average molecular weight is 282 g/mol. The number of fused-ring (bicyclic) bond motifs is 2. The molecule has 0 spiro atoms. The van der Waals surface area contributed by atoms with Gasteiger partial charge >= 0.3 is 12.0 Å². The normalized spacial score (nSPS) is 31.6. The summed E-state index contributed by atoms with van der Waals surface area (Å²) in [5.41, 5.74) is 0. The van der Waals surface area contributed by atoms with E-state index in [0.717, 1.165) is 25.4 Å². The predicted molar refractivity (Wildman–Crippen MR) is 71.3 cm³/mol. The third kappa shape index (κ3) is 2.75. The van der Waals surface area contributed by atoms with E-state index >= 15 is 0 Å². The predicted octanol–water partition coefficient (Wildman–Crippen LogP) is 1.06. The van der Waals surface area contributed by atoms with Crippen LogP contribution in [-0.4, -0.2) is 53.8 Å². The van der Waals surface area contributed by atoms with E-state index < -0.39 is 5.97 Å². The molecule has 112 valence electrons. The number of nitrogens with zero attached hydrogens (tertiary/aromatic N) is 1. The molecule has 0 aromatic heterocycles. The number of nitrogens with one attached hydrogen (secondary N) is 1. The van der Waals surface area contributed by atoms with E-state index in [1.807, 2.05) is 0 Å². The van der Waals surface area contributed by atoms with E-state index in [4.69, 9.17) is 9.84 Å². The minimum absolute atomic E-state index is 0.105. The van der Waals surface area contributed by atoms with E-state index in [0.29, 0.717) is 19.6 Å². The van der Waals surface area contributed by atoms with Gasteiger partial charge in [-0.1, -0.05) is 0 Å². The minimum atomic E-state index is -0.775. The van der Waals surface area contributed by atoms with E-state index in [-0.39, 0.29) is 24.0 Å². The van der Waals surface area contributed by atoms with Crippen molar-refractivity contribution in [3.8, 4) is 0 Å². The van der Waals surface area contributed by atoms with Crippen LogP contribution in [0.1, 0.15) is 32.1 Å². The lowest BCUT2D eigenvalue weighted by atomic mass is 9.89. The third-order valence-electron chi connectivity index (χ3n) is 4.66. The summed E-state index contributed by atoms with van der Waals surface area (Å²) in [7, 11) is 0. The van der Waals surface area contributed by atoms with Crippen molar-refractivity contribution in [2.45, 2.75) is 44.2 Å². The van der Waals surface area contributed by atoms with Gasteiger partial charge in [0.15, 0.2) is 0 Å². The molecule has 6 nitrogen and oxygen atoms in total. The van der Waals surface area contributed by atoms with Crippen molar-refractivity contribution in [3.05, 3.63) is 0 Å². The first-order chi connectivity index (χ1) is 9.66. The van der Waals surface area contributed by atoms with Crippen LogP contribution in [0.5, 0.6) is 0 Å². The number of carbonyl (C=O) groups is 2. The Morgan fingerprint density at radius 2 is 2.05 bits per heavy atom. The van der Waals surface area contributed by atoms with Gasteiger partial charge in [-0.25, -0.2) is 4.79 Å². The second kappa shape index (κ2) is 5.60. The molecule has 2 bridgehead atoms. The van der Waals surface area contributed by atoms with Gasteiger partial charge in [0, 0.05) is 25.2 Å². The molecule has 2 N–H and O–H groups in total. The number of hydrogen-bond acceptors (Lipinski definition) is 3. The first-order valence-electron chi connectivity index (χ1n) is 7.53. The highest BCUT2D eigenvalue weighted by atomic mass is 16.5. The standard InChI is InChI=1S/C14H22N2O4/c17-13(18)11-7-10-3-4-12(11)16(10)14(19)15-5-6-20-8-9-1-2-9/h9-12H,1-8H2,(H,15,19)(H,17,18). The Balaban J connectivity index is 1.41. The van der Waals surface area contributed by atoms with E-state index in [1.165, 1.54) is 12.8 Å². The van der Waals surface area contributed by atoms with Crippen molar-refractivity contribution >= 4 is 12.0 Å². The molecule has 0 aromatic rings. The zero-order chi connectivity index (χ0) is 14.1. The molecule has 0 radical (unpaired) electrons. The van der Waals surface area contributed by atoms with Crippen LogP contribution >= 0.6 is 0 Å². The molecular weight excluding hydrogens is 260 g/mol. The zero-order valence-electron chi connectivity index (χ0n) is 11.6. The summed E-state index contributed by atoms with van der Waals surface area (Å²) in [6, 6.07) is -0.144. The van der Waals surface area contributed by atoms with Crippen LogP contribution in [0, 0.1) is 11.8 Å². The Hall–Kier alpha value is -1.30. The molecule has 3 atom stereocenters. The summed E-state index contributed by atoms with van der Waals surface area (Å²) in [5.74, 6) is -0.426. The fraction of sp³-hybridized carbons (Fsp3) is 0.857. The number of carboxylic acids is 1. The van der Waals surface area contributed by atoms with Crippen molar-refractivity contribution in [1.82, 2.24) is 10.2 Å². The van der Waals surface area contributed by atoms with E-state index in [1.54, 1.807) is 4.90 Å². The molecule has 3 unspecified atom stereocenters. The highest BCUT2D eigenvalue weighted by molar-refractivity contribution is 5.79. The van der Waals surface area contributed by atoms with Crippen LogP contribution in [0.25, 0.3) is 0 Å². The maximum Gasteiger partial charge on any atom is 0.318 e. The smallest absolute Gasteiger partial charge is 0.318 e. The van der Waals surface area contributed by atoms with Gasteiger partial charge in [-0.15, -0.1) is 0 Å². The lowest BCUT2D eigenvalue weighted by Crippen LogP contribution is -2.45. The fourth-order valence-electron chi connectivity index (χ4n) is 3.43. The molecule has 3 fully saturated rings. The van der Waals surface area contributed by atoms with Crippen LogP contribution in [0.3, 0.4) is 0 Å². The Labute approximate surface area is 118 Å². The molecule has 3 rings (SSSR count). The van der Waals surface area contributed by atoms with Crippen LogP contribution in [0.15, 0.2) is 0 Å². The Kier molecular flexibility index (Phi) is 3.83. The molecule has 2 heterocycles. The summed E-state index contributed by atoms with van der Waals surface area (Å²) < 4.78 is 5.47. The van der Waals surface area contributed by atoms with Gasteiger partial charge in [0.25, 0.3) is 0 Å². The topological polar surface area (TPSA) is 78.9 Å². The molecule has 3 aliphatic rings. The van der Waals surface area contributed by atoms with Crippen molar-refractivity contribution in [1.29, 1.82) is 0 Å². The van der Waals surface area contributed by atoms with Gasteiger partial charge in [0.1, 0.15) is 0 Å². The highest BCUT2D eigenvalue weighted by Crippen LogP contribution is 2.41. The molecule has 0 aromatic carbocycles. The molecule has 2 aliphatic heterocycles. The van der Waals surface area contributed by atoms with Crippen molar-refractivity contribution in [3.63, 3.8) is 0 Å². The lowest BCUT2D eigenvalue weighted by Gasteiger charge is -2.23. The van der Waals surface area contributed by atoms with Crippen molar-refractivity contribution in [2.75, 3.05) is 19.8 Å². The fourth-order valence-corrected chi connectivity index (χ4v) is 3.43. The quantitative estimate of drug-likeness (QED) is 0.714. The van der Waals surface area contributed by atoms with Crippen molar-refractivity contribution in [2.24, 2.45) is 11.8 Å². The second-order valence-electron chi connectivity index (χ2n) is 6.14. The summed E-state index contributed by atoms with van der Waals surface area (Å²) >= 11 is 0. The van der Waals surface area contributed by atoms with E-state index in [9.17, 15) is 9.59 Å². The summed E-state index contributed by atoms with van der Waals surface area (Å²) in [6.45, 7) is 1.83. The van der Waals surface area contributed by atoms with Crippen molar-refractivity contribution < 1.29 is 19.4 Å². The van der Waals surface area contributed by atoms with Crippen LogP contribution in [0.2, 0.25) is 0 Å². The monoisotopic (exact) mass is 282 g/mol. The summed E-state index contributed by atoms with van der Waals surface area (Å²) in [5, 5.41) is 12.0. The summed E-state index contributed by atoms with van der Waals surface area (Å²) in [4.78, 5) is 25.0. The van der Waals surface area contributed by atoms with Crippen LogP contribution in [-0.2, 0) is 9.53 Å². The minimum Gasteiger partial charge on any atom is -0.481 e. The molecule has 2 amide bonds. The number of carbonyl (C=O) groups excluding carboxylic acids is 1. The lowest BCUT2D eigenvalue weighted by molar-refractivity contribution is -0.142. The number of rotatable bonds is 6. The summed E-state index contributed by atoms with van der Waals surface area (Å²) in [6.07, 6.45) is 4.87. The number of amides is 2. The molecule has 1 saturated carbocycles. The van der Waals surface area contributed by atoms with Crippen LogP contribution < -0.4 is 5.32 Å².